The number of methoxy groups -OCH3 is 2. The molecule has 0 bridgehead atoms. The molecule has 0 aliphatic heterocycles. The van der Waals surface area contributed by atoms with Crippen molar-refractivity contribution in [1.82, 2.24) is 18.9 Å². The van der Waals surface area contributed by atoms with E-state index in [1.165, 1.54) is 28.3 Å². The van der Waals surface area contributed by atoms with Gasteiger partial charge >= 0.3 is 10.2 Å². The van der Waals surface area contributed by atoms with Crippen LogP contribution >= 0.6 is 11.3 Å². The number of nitrogens with zero attached hydrogens (tertiary/aromatic N) is 3. The Bertz CT molecular complexity index is 1420. The first-order valence-corrected chi connectivity index (χ1v) is 14.7. The van der Waals surface area contributed by atoms with E-state index in [2.05, 4.69) is 4.98 Å². The van der Waals surface area contributed by atoms with Crippen LogP contribution in [0.3, 0.4) is 0 Å². The molecular weight excluding hydrogens is 556 g/mol. The molecule has 2 aromatic carbocycles. The Kier molecular flexibility index (Phi) is 10.6. The van der Waals surface area contributed by atoms with Crippen molar-refractivity contribution in [3.8, 4) is 11.5 Å². The molecule has 0 fully saturated rings. The van der Waals surface area contributed by atoms with Crippen LogP contribution in [0.4, 0.5) is 0 Å². The van der Waals surface area contributed by atoms with Gasteiger partial charge in [-0.3, -0.25) is 9.59 Å². The number of benzene rings is 2. The van der Waals surface area contributed by atoms with Crippen molar-refractivity contribution in [1.29, 1.82) is 0 Å². The maximum Gasteiger partial charge on any atom is 0.303 e. The van der Waals surface area contributed by atoms with Gasteiger partial charge in [0.25, 0.3) is 11.8 Å². The highest BCUT2D eigenvalue weighted by molar-refractivity contribution is 7.87. The van der Waals surface area contributed by atoms with Crippen LogP contribution in [0.25, 0.3) is 0 Å². The first-order chi connectivity index (χ1) is 19.0. The minimum atomic E-state index is -4.06. The van der Waals surface area contributed by atoms with Gasteiger partial charge in [-0.2, -0.15) is 12.7 Å². The lowest BCUT2D eigenvalue weighted by molar-refractivity contribution is 0.0740. The average molecular weight is 591 g/mol. The molecule has 2 amide bonds. The summed E-state index contributed by atoms with van der Waals surface area (Å²) in [6.07, 6.45) is 1.39. The van der Waals surface area contributed by atoms with Crippen LogP contribution in [0.15, 0.2) is 42.5 Å². The van der Waals surface area contributed by atoms with Crippen molar-refractivity contribution in [2.45, 2.75) is 32.9 Å². The standard InChI is InChI=1S/C27H34N4O7S2/c1-18-21(37-4)14-20(15-22(18)38-5)27(34)31(13-9-12-19-10-7-6-8-11-19)16-24-28-25(23(17-32)39-24)26(33)29-40(35,36)30(2)3/h6-8,10-11,14-15,32H,9,12-13,16-17H2,1-5H3,(H,29,33). The van der Waals surface area contributed by atoms with Crippen LogP contribution in [0.2, 0.25) is 0 Å². The van der Waals surface area contributed by atoms with Crippen molar-refractivity contribution in [3.63, 3.8) is 0 Å². The summed E-state index contributed by atoms with van der Waals surface area (Å²) >= 11 is 1.04. The van der Waals surface area contributed by atoms with E-state index in [9.17, 15) is 23.1 Å². The summed E-state index contributed by atoms with van der Waals surface area (Å²) in [6, 6.07) is 13.2. The van der Waals surface area contributed by atoms with Crippen molar-refractivity contribution >= 4 is 33.4 Å². The van der Waals surface area contributed by atoms with Crippen LogP contribution in [-0.2, 0) is 29.8 Å². The van der Waals surface area contributed by atoms with Gasteiger partial charge in [0.15, 0.2) is 0 Å². The Labute approximate surface area is 238 Å². The number of aliphatic hydroxyl groups excluding tert-OH is 1. The molecule has 0 atom stereocenters. The second-order valence-corrected chi connectivity index (χ2v) is 12.1. The summed E-state index contributed by atoms with van der Waals surface area (Å²) in [4.78, 5) is 32.6. The van der Waals surface area contributed by atoms with Gasteiger partial charge < -0.3 is 19.5 Å². The number of hydrogen-bond donors (Lipinski definition) is 2. The van der Waals surface area contributed by atoms with Crippen LogP contribution in [0.1, 0.15) is 48.3 Å². The number of ether oxygens (including phenoxy) is 2. The fraction of sp³-hybridized carbons (Fsp3) is 0.370. The zero-order valence-electron chi connectivity index (χ0n) is 23.1. The quantitative estimate of drug-likeness (QED) is 0.310. The third kappa shape index (κ3) is 7.56. The van der Waals surface area contributed by atoms with Crippen LogP contribution in [0.5, 0.6) is 11.5 Å². The minimum absolute atomic E-state index is 0.0392. The molecule has 0 saturated carbocycles. The number of carbonyl (C=O) groups excluding carboxylic acids is 2. The number of thiazole rings is 1. The molecule has 0 aliphatic rings. The summed E-state index contributed by atoms with van der Waals surface area (Å²) in [7, 11) is 1.53. The number of carbonyl (C=O) groups is 2. The molecule has 0 spiro atoms. The molecule has 0 radical (unpaired) electrons. The fourth-order valence-corrected chi connectivity index (χ4v) is 5.39. The molecule has 0 aliphatic carbocycles. The van der Waals surface area contributed by atoms with Gasteiger partial charge in [-0.15, -0.1) is 11.3 Å². The average Bonchev–Trinajstić information content (AvgIpc) is 3.35. The van der Waals surface area contributed by atoms with Crippen molar-refractivity contribution < 1.29 is 32.6 Å². The van der Waals surface area contributed by atoms with Gasteiger partial charge in [0.05, 0.1) is 32.2 Å². The van der Waals surface area contributed by atoms with Crippen molar-refractivity contribution in [3.05, 3.63) is 74.7 Å². The first kappa shape index (κ1) is 31.0. The van der Waals surface area contributed by atoms with Gasteiger partial charge in [0.2, 0.25) is 0 Å². The summed E-state index contributed by atoms with van der Waals surface area (Å²) in [6.45, 7) is 1.73. The van der Waals surface area contributed by atoms with E-state index in [-0.39, 0.29) is 23.0 Å². The number of amides is 2. The number of aromatic nitrogens is 1. The second-order valence-electron chi connectivity index (χ2n) is 9.08. The lowest BCUT2D eigenvalue weighted by Gasteiger charge is -2.23. The van der Waals surface area contributed by atoms with Crippen molar-refractivity contribution in [2.75, 3.05) is 34.9 Å². The molecular formula is C27H34N4O7S2. The Morgan fingerprint density at radius 3 is 2.25 bits per heavy atom. The van der Waals surface area contributed by atoms with Crippen LogP contribution < -0.4 is 14.2 Å². The zero-order chi connectivity index (χ0) is 29.4. The third-order valence-electron chi connectivity index (χ3n) is 6.15. The SMILES string of the molecule is COc1cc(C(=O)N(CCCc2ccccc2)Cc2nc(C(=O)NS(=O)(=O)N(C)C)c(CO)s2)cc(OC)c1C. The second kappa shape index (κ2) is 13.7. The molecule has 13 heteroatoms. The Hall–Kier alpha value is -3.52. The van der Waals surface area contributed by atoms with Crippen LogP contribution in [0, 0.1) is 6.92 Å². The largest absolute Gasteiger partial charge is 0.496 e. The summed E-state index contributed by atoms with van der Waals surface area (Å²) < 4.78 is 38.0. The highest BCUT2D eigenvalue weighted by atomic mass is 32.2. The van der Waals surface area contributed by atoms with Gasteiger partial charge in [-0.1, -0.05) is 30.3 Å². The van der Waals surface area contributed by atoms with E-state index in [0.29, 0.717) is 35.0 Å². The Morgan fingerprint density at radius 1 is 1.07 bits per heavy atom. The number of aryl methyl sites for hydroxylation is 1. The van der Waals surface area contributed by atoms with E-state index in [1.54, 1.807) is 17.0 Å². The highest BCUT2D eigenvalue weighted by Crippen LogP contribution is 2.30. The minimum Gasteiger partial charge on any atom is -0.496 e. The van der Waals surface area contributed by atoms with Gasteiger partial charge in [-0.25, -0.2) is 9.71 Å². The predicted molar refractivity (Wildman–Crippen MR) is 152 cm³/mol. The number of aliphatic hydroxyl groups is 1. The van der Waals surface area contributed by atoms with E-state index in [0.717, 1.165) is 33.2 Å². The van der Waals surface area contributed by atoms with Gasteiger partial charge in [-0.05, 0) is 37.5 Å². The maximum atomic E-state index is 13.8. The third-order valence-corrected chi connectivity index (χ3v) is 8.58. The normalized spacial score (nSPS) is 11.4. The lowest BCUT2D eigenvalue weighted by Crippen LogP contribution is -2.40. The molecule has 11 nitrogen and oxygen atoms in total. The van der Waals surface area contributed by atoms with E-state index in [1.807, 2.05) is 42.0 Å². The highest BCUT2D eigenvalue weighted by Gasteiger charge is 2.26. The summed E-state index contributed by atoms with van der Waals surface area (Å²) in [5.41, 5.74) is 2.04. The Balaban J connectivity index is 1.92. The molecule has 216 valence electrons. The Morgan fingerprint density at radius 2 is 1.70 bits per heavy atom. The summed E-state index contributed by atoms with van der Waals surface area (Å²) in [5.74, 6) is -0.253. The topological polar surface area (TPSA) is 138 Å². The zero-order valence-corrected chi connectivity index (χ0v) is 24.8. The fourth-order valence-electron chi connectivity index (χ4n) is 3.94. The molecule has 0 saturated heterocycles. The van der Waals surface area contributed by atoms with E-state index in [4.69, 9.17) is 9.47 Å². The smallest absolute Gasteiger partial charge is 0.303 e. The summed E-state index contributed by atoms with van der Waals surface area (Å²) in [5, 5.41) is 10.2. The first-order valence-electron chi connectivity index (χ1n) is 12.4. The lowest BCUT2D eigenvalue weighted by atomic mass is 10.1. The molecule has 2 N–H and O–H groups in total. The maximum absolute atomic E-state index is 13.8. The number of nitrogens with one attached hydrogen (secondary N) is 1. The predicted octanol–water partition coefficient (Wildman–Crippen LogP) is 2.77. The molecule has 3 rings (SSSR count). The van der Waals surface area contributed by atoms with Gasteiger partial charge in [0.1, 0.15) is 22.2 Å². The van der Waals surface area contributed by atoms with Crippen LogP contribution in [-0.4, -0.2) is 74.4 Å². The van der Waals surface area contributed by atoms with E-state index >= 15 is 0 Å². The molecule has 3 aromatic rings. The monoisotopic (exact) mass is 590 g/mol. The number of rotatable bonds is 13. The van der Waals surface area contributed by atoms with Gasteiger partial charge in [0, 0.05) is 31.8 Å². The molecule has 40 heavy (non-hydrogen) atoms. The molecule has 0 unspecified atom stereocenters. The molecule has 1 heterocycles. The van der Waals surface area contributed by atoms with E-state index < -0.39 is 22.7 Å². The van der Waals surface area contributed by atoms with Crippen molar-refractivity contribution in [2.24, 2.45) is 0 Å². The number of hydrogen-bond acceptors (Lipinski definition) is 9. The molecule has 1 aromatic heterocycles.